The molecule has 0 bridgehead atoms. The third kappa shape index (κ3) is 4.11. The van der Waals surface area contributed by atoms with E-state index in [0.717, 1.165) is 44.6 Å². The second-order valence-electron chi connectivity index (χ2n) is 6.08. The number of ether oxygens (including phenoxy) is 1. The van der Waals surface area contributed by atoms with Crippen molar-refractivity contribution >= 4 is 0 Å². The molecule has 0 N–H and O–H groups in total. The number of nitrogens with zero attached hydrogens (tertiary/aromatic N) is 1. The summed E-state index contributed by atoms with van der Waals surface area (Å²) in [4.78, 5) is 2.52. The molecule has 3 rings (SSSR count). The molecule has 1 aliphatic heterocycles. The third-order valence-corrected chi connectivity index (χ3v) is 4.42. The van der Waals surface area contributed by atoms with Crippen molar-refractivity contribution in [3.05, 3.63) is 65.7 Å². The Hall–Kier alpha value is -1.80. The molecule has 0 spiro atoms. The monoisotopic (exact) mass is 295 g/mol. The van der Waals surface area contributed by atoms with Crippen molar-refractivity contribution in [3.63, 3.8) is 0 Å². The van der Waals surface area contributed by atoms with Gasteiger partial charge in [0.1, 0.15) is 11.9 Å². The second kappa shape index (κ2) is 7.46. The molecule has 1 aliphatic rings. The van der Waals surface area contributed by atoms with Gasteiger partial charge in [-0.2, -0.15) is 0 Å². The van der Waals surface area contributed by atoms with Crippen LogP contribution in [-0.4, -0.2) is 24.1 Å². The normalized spacial score (nSPS) is 16.6. The Morgan fingerprint density at radius 1 is 0.909 bits per heavy atom. The number of aryl methyl sites for hydroxylation is 1. The molecule has 116 valence electrons. The summed E-state index contributed by atoms with van der Waals surface area (Å²) in [6.45, 7) is 5.47. The molecule has 2 heteroatoms. The van der Waals surface area contributed by atoms with Crippen molar-refractivity contribution < 1.29 is 4.74 Å². The first kappa shape index (κ1) is 15.1. The summed E-state index contributed by atoms with van der Waals surface area (Å²) in [5, 5.41) is 0. The maximum atomic E-state index is 6.13. The van der Waals surface area contributed by atoms with Gasteiger partial charge in [-0.05, 0) is 42.5 Å². The highest BCUT2D eigenvalue weighted by molar-refractivity contribution is 5.27. The topological polar surface area (TPSA) is 12.5 Å². The summed E-state index contributed by atoms with van der Waals surface area (Å²) in [7, 11) is 0. The van der Waals surface area contributed by atoms with Gasteiger partial charge < -0.3 is 4.74 Å². The second-order valence-corrected chi connectivity index (χ2v) is 6.08. The minimum atomic E-state index is 0.361. The van der Waals surface area contributed by atoms with E-state index in [1.54, 1.807) is 0 Å². The molecule has 0 saturated carbocycles. The first-order valence-corrected chi connectivity index (χ1v) is 8.35. The molecule has 22 heavy (non-hydrogen) atoms. The van der Waals surface area contributed by atoms with E-state index in [0.29, 0.717) is 6.10 Å². The summed E-state index contributed by atoms with van der Waals surface area (Å²) in [5.74, 6) is 1.01. The Labute approximate surface area is 133 Å². The van der Waals surface area contributed by atoms with Gasteiger partial charge in [0.15, 0.2) is 0 Å². The highest BCUT2D eigenvalue weighted by Gasteiger charge is 2.20. The number of hydrogen-bond acceptors (Lipinski definition) is 2. The Morgan fingerprint density at radius 2 is 1.59 bits per heavy atom. The molecule has 2 aromatic rings. The summed E-state index contributed by atoms with van der Waals surface area (Å²) in [5.41, 5.74) is 2.77. The van der Waals surface area contributed by atoms with E-state index in [-0.39, 0.29) is 0 Å². The van der Waals surface area contributed by atoms with Crippen molar-refractivity contribution in [2.24, 2.45) is 0 Å². The molecule has 2 nitrogen and oxygen atoms in total. The van der Waals surface area contributed by atoms with Gasteiger partial charge in [0, 0.05) is 19.6 Å². The lowest BCUT2D eigenvalue weighted by Crippen LogP contribution is -2.37. The van der Waals surface area contributed by atoms with Crippen LogP contribution in [-0.2, 0) is 13.0 Å². The van der Waals surface area contributed by atoms with Crippen LogP contribution in [0.15, 0.2) is 54.6 Å². The molecule has 0 aliphatic carbocycles. The van der Waals surface area contributed by atoms with E-state index in [9.17, 15) is 0 Å². The van der Waals surface area contributed by atoms with Crippen LogP contribution < -0.4 is 4.74 Å². The fraction of sp³-hybridized carbons (Fsp3) is 0.400. The highest BCUT2D eigenvalue weighted by atomic mass is 16.5. The van der Waals surface area contributed by atoms with Gasteiger partial charge in [0.05, 0.1) is 0 Å². The van der Waals surface area contributed by atoms with Gasteiger partial charge in [-0.3, -0.25) is 4.90 Å². The standard InChI is InChI=1S/C20H25NO/c1-2-17-8-10-19(11-9-17)22-20-12-14-21(15-13-20)16-18-6-4-3-5-7-18/h3-11,20H,2,12-16H2,1H3. The van der Waals surface area contributed by atoms with Crippen LogP contribution in [0.1, 0.15) is 30.9 Å². The largest absolute Gasteiger partial charge is 0.490 e. The van der Waals surface area contributed by atoms with Crippen molar-refractivity contribution in [1.82, 2.24) is 4.90 Å². The quantitative estimate of drug-likeness (QED) is 0.816. The Kier molecular flexibility index (Phi) is 5.12. The van der Waals surface area contributed by atoms with E-state index < -0.39 is 0 Å². The first-order valence-electron chi connectivity index (χ1n) is 8.35. The fourth-order valence-corrected chi connectivity index (χ4v) is 3.02. The van der Waals surface area contributed by atoms with Gasteiger partial charge in [0.25, 0.3) is 0 Å². The zero-order valence-electron chi connectivity index (χ0n) is 13.4. The van der Waals surface area contributed by atoms with Gasteiger partial charge in [-0.25, -0.2) is 0 Å². The van der Waals surface area contributed by atoms with Crippen molar-refractivity contribution in [3.8, 4) is 5.75 Å². The average Bonchev–Trinajstić information content (AvgIpc) is 2.58. The lowest BCUT2D eigenvalue weighted by molar-refractivity contribution is 0.0968. The minimum absolute atomic E-state index is 0.361. The average molecular weight is 295 g/mol. The van der Waals surface area contributed by atoms with Gasteiger partial charge >= 0.3 is 0 Å². The van der Waals surface area contributed by atoms with Gasteiger partial charge in [-0.1, -0.05) is 49.4 Å². The summed E-state index contributed by atoms with van der Waals surface area (Å²) in [6, 6.07) is 19.3. The smallest absolute Gasteiger partial charge is 0.119 e. The van der Waals surface area contributed by atoms with E-state index >= 15 is 0 Å². The summed E-state index contributed by atoms with van der Waals surface area (Å²) in [6.07, 6.45) is 3.67. The Balaban J connectivity index is 1.47. The predicted molar refractivity (Wildman–Crippen MR) is 91.2 cm³/mol. The molecular weight excluding hydrogens is 270 g/mol. The highest BCUT2D eigenvalue weighted by Crippen LogP contribution is 2.20. The van der Waals surface area contributed by atoms with E-state index in [1.165, 1.54) is 11.1 Å². The fourth-order valence-electron chi connectivity index (χ4n) is 3.02. The van der Waals surface area contributed by atoms with Crippen LogP contribution in [0, 0.1) is 0 Å². The van der Waals surface area contributed by atoms with Crippen molar-refractivity contribution in [2.45, 2.75) is 38.8 Å². The summed E-state index contributed by atoms with van der Waals surface area (Å²) >= 11 is 0. The van der Waals surface area contributed by atoms with Crippen LogP contribution >= 0.6 is 0 Å². The molecule has 1 heterocycles. The molecule has 0 radical (unpaired) electrons. The Bertz CT molecular complexity index is 556. The molecular formula is C20H25NO. The third-order valence-electron chi connectivity index (χ3n) is 4.42. The van der Waals surface area contributed by atoms with Crippen molar-refractivity contribution in [1.29, 1.82) is 0 Å². The number of rotatable bonds is 5. The number of likely N-dealkylation sites (tertiary alicyclic amines) is 1. The van der Waals surface area contributed by atoms with E-state index in [4.69, 9.17) is 4.74 Å². The lowest BCUT2D eigenvalue weighted by atomic mass is 10.1. The van der Waals surface area contributed by atoms with Crippen LogP contribution in [0.25, 0.3) is 0 Å². The SMILES string of the molecule is CCc1ccc(OC2CCN(Cc3ccccc3)CC2)cc1. The van der Waals surface area contributed by atoms with Gasteiger partial charge in [-0.15, -0.1) is 0 Å². The number of piperidine rings is 1. The molecule has 0 amide bonds. The molecule has 1 saturated heterocycles. The van der Waals surface area contributed by atoms with Crippen LogP contribution in [0.5, 0.6) is 5.75 Å². The number of benzene rings is 2. The predicted octanol–water partition coefficient (Wildman–Crippen LogP) is 4.29. The van der Waals surface area contributed by atoms with Crippen LogP contribution in [0.3, 0.4) is 0 Å². The maximum Gasteiger partial charge on any atom is 0.119 e. The summed E-state index contributed by atoms with van der Waals surface area (Å²) < 4.78 is 6.13. The zero-order chi connectivity index (χ0) is 15.2. The van der Waals surface area contributed by atoms with Crippen molar-refractivity contribution in [2.75, 3.05) is 13.1 Å². The lowest BCUT2D eigenvalue weighted by Gasteiger charge is -2.32. The van der Waals surface area contributed by atoms with E-state index in [1.807, 2.05) is 0 Å². The first-order chi connectivity index (χ1) is 10.8. The van der Waals surface area contributed by atoms with Crippen LogP contribution in [0.2, 0.25) is 0 Å². The molecule has 1 fully saturated rings. The molecule has 0 atom stereocenters. The Morgan fingerprint density at radius 3 is 2.23 bits per heavy atom. The maximum absolute atomic E-state index is 6.13. The molecule has 0 unspecified atom stereocenters. The van der Waals surface area contributed by atoms with Crippen LogP contribution in [0.4, 0.5) is 0 Å². The minimum Gasteiger partial charge on any atom is -0.490 e. The zero-order valence-corrected chi connectivity index (χ0v) is 13.4. The molecule has 2 aromatic carbocycles. The van der Waals surface area contributed by atoms with E-state index in [2.05, 4.69) is 66.4 Å². The molecule has 0 aromatic heterocycles. The van der Waals surface area contributed by atoms with Gasteiger partial charge in [0.2, 0.25) is 0 Å². The number of hydrogen-bond donors (Lipinski definition) is 0.